The van der Waals surface area contributed by atoms with E-state index < -0.39 is 23.6 Å². The molecule has 224 valence electrons. The molecular formula is C32H40N4O5S. The number of hydrogen-bond donors (Lipinski definition) is 3. The molecule has 42 heavy (non-hydrogen) atoms. The summed E-state index contributed by atoms with van der Waals surface area (Å²) in [7, 11) is 1.59. The minimum atomic E-state index is -0.862. The zero-order valence-electron chi connectivity index (χ0n) is 24.8. The number of nitrogens with zero attached hydrogens (tertiary/aromatic N) is 2. The van der Waals surface area contributed by atoms with E-state index in [-0.39, 0.29) is 37.1 Å². The second kappa shape index (κ2) is 13.5. The van der Waals surface area contributed by atoms with Gasteiger partial charge in [0.25, 0.3) is 0 Å². The van der Waals surface area contributed by atoms with Gasteiger partial charge in [0.1, 0.15) is 17.8 Å². The van der Waals surface area contributed by atoms with Gasteiger partial charge in [-0.05, 0) is 47.6 Å². The highest BCUT2D eigenvalue weighted by molar-refractivity contribution is 7.13. The highest BCUT2D eigenvalue weighted by atomic mass is 32.1. The lowest BCUT2D eigenvalue weighted by Crippen LogP contribution is -2.57. The quantitative estimate of drug-likeness (QED) is 0.329. The molecule has 2 aromatic carbocycles. The van der Waals surface area contributed by atoms with Crippen molar-refractivity contribution in [1.29, 1.82) is 0 Å². The molecule has 0 spiro atoms. The van der Waals surface area contributed by atoms with Gasteiger partial charge in [0, 0.05) is 25.9 Å². The van der Waals surface area contributed by atoms with Crippen LogP contribution >= 0.6 is 11.3 Å². The number of nitrogens with one attached hydrogen (secondary N) is 2. The summed E-state index contributed by atoms with van der Waals surface area (Å²) < 4.78 is 5.26. The Bertz CT molecular complexity index is 1400. The summed E-state index contributed by atoms with van der Waals surface area (Å²) in [4.78, 5) is 46.8. The van der Waals surface area contributed by atoms with Crippen molar-refractivity contribution in [2.75, 3.05) is 13.7 Å². The van der Waals surface area contributed by atoms with Crippen molar-refractivity contribution in [3.8, 4) is 16.2 Å². The molecule has 2 heterocycles. The van der Waals surface area contributed by atoms with Crippen molar-refractivity contribution in [3.05, 3.63) is 70.9 Å². The predicted molar refractivity (Wildman–Crippen MR) is 163 cm³/mol. The first-order valence-corrected chi connectivity index (χ1v) is 15.0. The highest BCUT2D eigenvalue weighted by Crippen LogP contribution is 2.28. The molecule has 1 aliphatic rings. The lowest BCUT2D eigenvalue weighted by molar-refractivity contribution is -0.144. The van der Waals surface area contributed by atoms with E-state index in [4.69, 9.17) is 4.74 Å². The van der Waals surface area contributed by atoms with E-state index in [1.165, 1.54) is 4.90 Å². The molecule has 0 radical (unpaired) electrons. The van der Waals surface area contributed by atoms with Gasteiger partial charge in [0.2, 0.25) is 17.7 Å². The molecule has 0 bridgehead atoms. The Labute approximate surface area is 251 Å². The molecule has 0 aliphatic carbocycles. The topological polar surface area (TPSA) is 121 Å². The number of rotatable bonds is 10. The number of hydrogen-bond acceptors (Lipinski definition) is 7. The second-order valence-electron chi connectivity index (χ2n) is 11.8. The summed E-state index contributed by atoms with van der Waals surface area (Å²) in [6.07, 6.45) is 0.00532. The zero-order chi connectivity index (χ0) is 30.4. The van der Waals surface area contributed by atoms with Gasteiger partial charge in [-0.2, -0.15) is 0 Å². The van der Waals surface area contributed by atoms with Gasteiger partial charge in [-0.15, -0.1) is 11.3 Å². The number of aryl methyl sites for hydroxylation is 2. The Balaban J connectivity index is 1.38. The fourth-order valence-electron chi connectivity index (χ4n) is 5.10. The van der Waals surface area contributed by atoms with Crippen LogP contribution in [-0.2, 0) is 27.3 Å². The first-order valence-electron chi connectivity index (χ1n) is 14.1. The monoisotopic (exact) mass is 592 g/mol. The lowest BCUT2D eigenvalue weighted by atomic mass is 9.85. The second-order valence-corrected chi connectivity index (χ2v) is 12.7. The van der Waals surface area contributed by atoms with Crippen molar-refractivity contribution in [1.82, 2.24) is 20.5 Å². The minimum absolute atomic E-state index is 0.0338. The van der Waals surface area contributed by atoms with Gasteiger partial charge in [-0.3, -0.25) is 14.4 Å². The average Bonchev–Trinajstić information content (AvgIpc) is 3.58. The highest BCUT2D eigenvalue weighted by Gasteiger charge is 2.44. The minimum Gasteiger partial charge on any atom is -0.497 e. The number of ether oxygens (including phenoxy) is 1. The molecule has 3 N–H and O–H groups in total. The van der Waals surface area contributed by atoms with Gasteiger partial charge in [0.15, 0.2) is 0 Å². The van der Waals surface area contributed by atoms with Crippen molar-refractivity contribution in [2.24, 2.45) is 5.41 Å². The molecule has 3 aromatic rings. The van der Waals surface area contributed by atoms with Gasteiger partial charge >= 0.3 is 0 Å². The summed E-state index contributed by atoms with van der Waals surface area (Å²) in [6.45, 7) is 7.91. The number of aliphatic hydroxyl groups is 1. The molecule has 0 saturated carbocycles. The lowest BCUT2D eigenvalue weighted by Gasteiger charge is -2.35. The van der Waals surface area contributed by atoms with Gasteiger partial charge in [-0.25, -0.2) is 4.98 Å². The van der Waals surface area contributed by atoms with E-state index in [2.05, 4.69) is 15.6 Å². The molecule has 3 amide bonds. The van der Waals surface area contributed by atoms with Crippen molar-refractivity contribution in [3.63, 3.8) is 0 Å². The number of carbonyl (C=O) groups is 3. The molecule has 1 aliphatic heterocycles. The van der Waals surface area contributed by atoms with Crippen LogP contribution in [0.1, 0.15) is 50.4 Å². The summed E-state index contributed by atoms with van der Waals surface area (Å²) in [5.74, 6) is -0.253. The predicted octanol–water partition coefficient (Wildman–Crippen LogP) is 3.87. The van der Waals surface area contributed by atoms with Crippen LogP contribution < -0.4 is 15.4 Å². The summed E-state index contributed by atoms with van der Waals surface area (Å²) in [5, 5.41) is 16.3. The van der Waals surface area contributed by atoms with Gasteiger partial charge < -0.3 is 25.4 Å². The number of methoxy groups -OCH3 is 1. The SMILES string of the molecule is COc1cccc(CCC(=O)NC(C(=O)N2C[C@H](O)C[C@H]2C(=O)NCc2ccc(-c3scnc3C)cc2)C(C)(C)C)c1. The van der Waals surface area contributed by atoms with Crippen molar-refractivity contribution >= 4 is 29.1 Å². The number of likely N-dealkylation sites (tertiary alicyclic amines) is 1. The van der Waals surface area contributed by atoms with Gasteiger partial charge in [0.05, 0.1) is 29.3 Å². The molecule has 4 rings (SSSR count). The molecule has 10 heteroatoms. The maximum Gasteiger partial charge on any atom is 0.246 e. The Hall–Kier alpha value is -3.76. The molecule has 3 atom stereocenters. The molecule has 1 fully saturated rings. The number of β-amino-alcohol motifs (C(OH)–C–C–N with tert-alkyl or cyclic N) is 1. The Kier molecular flexibility index (Phi) is 10.0. The Morgan fingerprint density at radius 3 is 2.52 bits per heavy atom. The van der Waals surface area contributed by atoms with Crippen LogP contribution in [-0.4, -0.2) is 64.6 Å². The third-order valence-electron chi connectivity index (χ3n) is 7.49. The smallest absolute Gasteiger partial charge is 0.246 e. The van der Waals surface area contributed by atoms with Crippen molar-refractivity contribution < 1.29 is 24.2 Å². The zero-order valence-corrected chi connectivity index (χ0v) is 25.7. The van der Waals surface area contributed by atoms with E-state index >= 15 is 0 Å². The van der Waals surface area contributed by atoms with E-state index in [9.17, 15) is 19.5 Å². The maximum absolute atomic E-state index is 13.8. The normalized spacial score (nSPS) is 17.5. The van der Waals surface area contributed by atoms with Crippen LogP contribution in [0.25, 0.3) is 10.4 Å². The van der Waals surface area contributed by atoms with E-state index in [0.717, 1.165) is 33.0 Å². The van der Waals surface area contributed by atoms with E-state index in [0.29, 0.717) is 13.0 Å². The van der Waals surface area contributed by atoms with Crippen LogP contribution in [0.4, 0.5) is 0 Å². The number of benzene rings is 2. The number of aromatic nitrogens is 1. The van der Waals surface area contributed by atoms with Crippen molar-refractivity contribution in [2.45, 2.75) is 71.7 Å². The molecule has 1 saturated heterocycles. The molecule has 9 nitrogen and oxygen atoms in total. The Morgan fingerprint density at radius 2 is 1.88 bits per heavy atom. The van der Waals surface area contributed by atoms with Crippen LogP contribution in [0.2, 0.25) is 0 Å². The van der Waals surface area contributed by atoms with Crippen LogP contribution in [0.15, 0.2) is 54.0 Å². The molecule has 1 aromatic heterocycles. The van der Waals surface area contributed by atoms with Gasteiger partial charge in [-0.1, -0.05) is 57.2 Å². The first-order chi connectivity index (χ1) is 20.0. The fraction of sp³-hybridized carbons (Fsp3) is 0.438. The summed E-state index contributed by atoms with van der Waals surface area (Å²) >= 11 is 1.58. The summed E-state index contributed by atoms with van der Waals surface area (Å²) in [5.41, 5.74) is 5.12. The molecule has 1 unspecified atom stereocenters. The number of thiazole rings is 1. The molecular weight excluding hydrogens is 552 g/mol. The fourth-order valence-corrected chi connectivity index (χ4v) is 5.91. The van der Waals surface area contributed by atoms with Crippen LogP contribution in [0.3, 0.4) is 0 Å². The van der Waals surface area contributed by atoms with Crippen LogP contribution in [0, 0.1) is 12.3 Å². The number of carbonyl (C=O) groups excluding carboxylic acids is 3. The third kappa shape index (κ3) is 7.74. The number of amides is 3. The average molecular weight is 593 g/mol. The largest absolute Gasteiger partial charge is 0.497 e. The van der Waals surface area contributed by atoms with Crippen LogP contribution in [0.5, 0.6) is 5.75 Å². The maximum atomic E-state index is 13.8. The van der Waals surface area contributed by atoms with E-state index in [1.807, 2.05) is 81.7 Å². The standard InChI is InChI=1S/C32H40N4O5S/c1-20-28(42-19-34-20)23-12-9-22(10-13-23)17-33-30(39)26-16-24(37)18-36(26)31(40)29(32(2,3)4)35-27(38)14-11-21-7-6-8-25(15-21)41-5/h6-10,12-13,15,19,24,26,29,37H,11,14,16-18H2,1-5H3,(H,33,39)(H,35,38)/t24-,26+,29?/m1/s1. The summed E-state index contributed by atoms with van der Waals surface area (Å²) in [6, 6.07) is 13.7. The third-order valence-corrected chi connectivity index (χ3v) is 8.46. The van der Waals surface area contributed by atoms with E-state index in [1.54, 1.807) is 18.4 Å². The Morgan fingerprint density at radius 1 is 1.14 bits per heavy atom. The first kappa shape index (κ1) is 31.2. The number of aliphatic hydroxyl groups excluding tert-OH is 1.